The number of hydrogen-bond donors (Lipinski definition) is 2. The molecule has 3 heteroatoms. The average molecular weight is 270 g/mol. The number of likely N-dealkylation sites (tertiary alicyclic amines) is 1. The molecule has 1 rings (SSSR count). The Morgan fingerprint density at radius 2 is 1.74 bits per heavy atom. The summed E-state index contributed by atoms with van der Waals surface area (Å²) in [5.74, 6) is 1.22. The summed E-state index contributed by atoms with van der Waals surface area (Å²) in [6.07, 6.45) is 4.55. The van der Waals surface area contributed by atoms with E-state index in [1.54, 1.807) is 0 Å². The van der Waals surface area contributed by atoms with Crippen LogP contribution >= 0.6 is 0 Å². The maximum Gasteiger partial charge on any atom is 0.0692 e. The van der Waals surface area contributed by atoms with Gasteiger partial charge in [-0.15, -0.1) is 0 Å². The van der Waals surface area contributed by atoms with E-state index in [4.69, 9.17) is 0 Å². The van der Waals surface area contributed by atoms with Gasteiger partial charge in [0.1, 0.15) is 0 Å². The monoisotopic (exact) mass is 270 g/mol. The summed E-state index contributed by atoms with van der Waals surface area (Å²) in [5, 5.41) is 13.7. The van der Waals surface area contributed by atoms with Gasteiger partial charge < -0.3 is 15.3 Å². The van der Waals surface area contributed by atoms with Crippen LogP contribution in [0.25, 0.3) is 0 Å². The van der Waals surface area contributed by atoms with E-state index in [-0.39, 0.29) is 6.10 Å². The Morgan fingerprint density at radius 3 is 2.21 bits per heavy atom. The molecule has 3 nitrogen and oxygen atoms in total. The van der Waals surface area contributed by atoms with Crippen LogP contribution in [0.4, 0.5) is 0 Å². The first-order chi connectivity index (χ1) is 9.12. The van der Waals surface area contributed by atoms with Crippen molar-refractivity contribution in [2.24, 2.45) is 11.8 Å². The minimum Gasteiger partial charge on any atom is -0.392 e. The lowest BCUT2D eigenvalue weighted by Gasteiger charge is -2.35. The van der Waals surface area contributed by atoms with Gasteiger partial charge in [-0.3, -0.25) is 0 Å². The van der Waals surface area contributed by atoms with E-state index in [9.17, 15) is 5.11 Å². The van der Waals surface area contributed by atoms with Crippen LogP contribution in [0.3, 0.4) is 0 Å². The van der Waals surface area contributed by atoms with Crippen LogP contribution in [0.1, 0.15) is 53.4 Å². The van der Waals surface area contributed by atoms with Gasteiger partial charge in [0.15, 0.2) is 0 Å². The molecule has 19 heavy (non-hydrogen) atoms. The van der Waals surface area contributed by atoms with Crippen molar-refractivity contribution >= 4 is 0 Å². The van der Waals surface area contributed by atoms with Gasteiger partial charge in [-0.25, -0.2) is 0 Å². The lowest BCUT2D eigenvalue weighted by molar-refractivity contribution is 0.0917. The zero-order chi connectivity index (χ0) is 14.3. The van der Waals surface area contributed by atoms with Crippen molar-refractivity contribution in [3.05, 3.63) is 0 Å². The minimum absolute atomic E-state index is 0.187. The zero-order valence-electron chi connectivity index (χ0n) is 13.4. The Hall–Kier alpha value is -0.120. The SMILES string of the molecule is CCC(CC)C(O)CNC(C)C1CCN(CC)CC1. The van der Waals surface area contributed by atoms with Gasteiger partial charge in [-0.2, -0.15) is 0 Å². The molecule has 2 unspecified atom stereocenters. The highest BCUT2D eigenvalue weighted by Gasteiger charge is 2.24. The molecule has 0 aromatic heterocycles. The molecule has 1 fully saturated rings. The molecule has 0 aromatic rings. The number of nitrogens with one attached hydrogen (secondary N) is 1. The van der Waals surface area contributed by atoms with Crippen LogP contribution in [0.2, 0.25) is 0 Å². The molecule has 1 heterocycles. The maximum atomic E-state index is 10.2. The normalized spacial score (nSPS) is 21.8. The Bertz CT molecular complexity index is 223. The van der Waals surface area contributed by atoms with Gasteiger partial charge in [0.25, 0.3) is 0 Å². The van der Waals surface area contributed by atoms with Crippen LogP contribution in [0, 0.1) is 11.8 Å². The number of nitrogens with zero attached hydrogens (tertiary/aromatic N) is 1. The molecular weight excluding hydrogens is 236 g/mol. The van der Waals surface area contributed by atoms with Gasteiger partial charge >= 0.3 is 0 Å². The second kappa shape index (κ2) is 8.93. The van der Waals surface area contributed by atoms with E-state index in [2.05, 4.69) is 37.9 Å². The molecule has 0 radical (unpaired) electrons. The molecule has 0 aromatic carbocycles. The van der Waals surface area contributed by atoms with Crippen molar-refractivity contribution in [3.63, 3.8) is 0 Å². The molecule has 1 saturated heterocycles. The lowest BCUT2D eigenvalue weighted by Crippen LogP contribution is -2.44. The summed E-state index contributed by atoms with van der Waals surface area (Å²) < 4.78 is 0. The fraction of sp³-hybridized carbons (Fsp3) is 1.00. The molecule has 0 amide bonds. The molecule has 2 N–H and O–H groups in total. The minimum atomic E-state index is -0.187. The van der Waals surface area contributed by atoms with Crippen LogP contribution in [-0.2, 0) is 0 Å². The highest BCUT2D eigenvalue weighted by molar-refractivity contribution is 4.80. The second-order valence-corrected chi connectivity index (χ2v) is 6.11. The molecule has 0 spiro atoms. The van der Waals surface area contributed by atoms with E-state index in [0.29, 0.717) is 12.0 Å². The summed E-state index contributed by atoms with van der Waals surface area (Å²) in [5.41, 5.74) is 0. The Balaban J connectivity index is 2.25. The van der Waals surface area contributed by atoms with Crippen LogP contribution in [0.15, 0.2) is 0 Å². The maximum absolute atomic E-state index is 10.2. The van der Waals surface area contributed by atoms with Crippen LogP contribution in [0.5, 0.6) is 0 Å². The van der Waals surface area contributed by atoms with Gasteiger partial charge in [0.2, 0.25) is 0 Å². The predicted octanol–water partition coefficient (Wildman–Crippen LogP) is 2.49. The van der Waals surface area contributed by atoms with Crippen molar-refractivity contribution < 1.29 is 5.11 Å². The Labute approximate surface area is 119 Å². The van der Waals surface area contributed by atoms with E-state index in [1.165, 1.54) is 32.5 Å². The molecule has 1 aliphatic rings. The van der Waals surface area contributed by atoms with Gasteiger partial charge in [0, 0.05) is 12.6 Å². The Kier molecular flexibility index (Phi) is 7.96. The van der Waals surface area contributed by atoms with E-state index >= 15 is 0 Å². The highest BCUT2D eigenvalue weighted by atomic mass is 16.3. The third-order valence-corrected chi connectivity index (χ3v) is 5.03. The largest absolute Gasteiger partial charge is 0.392 e. The first kappa shape index (κ1) is 16.9. The first-order valence-electron chi connectivity index (χ1n) is 8.26. The lowest BCUT2D eigenvalue weighted by atomic mass is 9.89. The summed E-state index contributed by atoms with van der Waals surface area (Å²) in [6, 6.07) is 0.531. The molecule has 2 atom stereocenters. The molecule has 0 bridgehead atoms. The number of rotatable bonds is 8. The Morgan fingerprint density at radius 1 is 1.16 bits per heavy atom. The van der Waals surface area contributed by atoms with Crippen LogP contribution < -0.4 is 5.32 Å². The van der Waals surface area contributed by atoms with E-state index in [0.717, 1.165) is 25.3 Å². The summed E-state index contributed by atoms with van der Waals surface area (Å²) in [7, 11) is 0. The molecule has 114 valence electrons. The molecule has 1 aliphatic heterocycles. The third kappa shape index (κ3) is 5.41. The smallest absolute Gasteiger partial charge is 0.0692 e. The number of hydrogen-bond acceptors (Lipinski definition) is 3. The second-order valence-electron chi connectivity index (χ2n) is 6.11. The van der Waals surface area contributed by atoms with Crippen molar-refractivity contribution in [3.8, 4) is 0 Å². The standard InChI is InChI=1S/C16H34N2O/c1-5-14(6-2)16(19)12-17-13(4)15-8-10-18(7-3)11-9-15/h13-17,19H,5-12H2,1-4H3. The van der Waals surface area contributed by atoms with E-state index < -0.39 is 0 Å². The first-order valence-corrected chi connectivity index (χ1v) is 8.26. The average Bonchev–Trinajstić information content (AvgIpc) is 2.46. The fourth-order valence-corrected chi connectivity index (χ4v) is 3.24. The number of piperidine rings is 1. The third-order valence-electron chi connectivity index (χ3n) is 5.03. The van der Waals surface area contributed by atoms with Crippen molar-refractivity contribution in [2.75, 3.05) is 26.2 Å². The van der Waals surface area contributed by atoms with Gasteiger partial charge in [0.05, 0.1) is 6.10 Å². The van der Waals surface area contributed by atoms with Gasteiger partial charge in [-0.1, -0.05) is 33.6 Å². The molecular formula is C16H34N2O. The highest BCUT2D eigenvalue weighted by Crippen LogP contribution is 2.20. The van der Waals surface area contributed by atoms with Crippen molar-refractivity contribution in [1.82, 2.24) is 10.2 Å². The molecule has 0 saturated carbocycles. The number of aliphatic hydroxyl groups is 1. The quantitative estimate of drug-likeness (QED) is 0.711. The van der Waals surface area contributed by atoms with E-state index in [1.807, 2.05) is 0 Å². The van der Waals surface area contributed by atoms with Crippen molar-refractivity contribution in [1.29, 1.82) is 0 Å². The summed E-state index contributed by atoms with van der Waals surface area (Å²) in [6.45, 7) is 13.3. The number of aliphatic hydroxyl groups excluding tert-OH is 1. The van der Waals surface area contributed by atoms with Gasteiger partial charge in [-0.05, 0) is 51.2 Å². The fourth-order valence-electron chi connectivity index (χ4n) is 3.24. The predicted molar refractivity (Wildman–Crippen MR) is 82.4 cm³/mol. The van der Waals surface area contributed by atoms with Crippen molar-refractivity contribution in [2.45, 2.75) is 65.5 Å². The topological polar surface area (TPSA) is 35.5 Å². The summed E-state index contributed by atoms with van der Waals surface area (Å²) >= 11 is 0. The van der Waals surface area contributed by atoms with Crippen LogP contribution in [-0.4, -0.2) is 48.3 Å². The molecule has 0 aliphatic carbocycles. The zero-order valence-corrected chi connectivity index (χ0v) is 13.4. The summed E-state index contributed by atoms with van der Waals surface area (Å²) in [4.78, 5) is 2.53.